The van der Waals surface area contributed by atoms with E-state index in [-0.39, 0.29) is 17.2 Å². The van der Waals surface area contributed by atoms with Crippen LogP contribution in [-0.4, -0.2) is 45.8 Å². The first-order chi connectivity index (χ1) is 15.0. The van der Waals surface area contributed by atoms with Gasteiger partial charge in [-0.2, -0.15) is 10.1 Å². The van der Waals surface area contributed by atoms with Gasteiger partial charge in [-0.1, -0.05) is 32.9 Å². The van der Waals surface area contributed by atoms with E-state index in [9.17, 15) is 9.59 Å². The molecule has 9 heteroatoms. The fourth-order valence-corrected chi connectivity index (χ4v) is 4.07. The second kappa shape index (κ2) is 9.28. The maximum absolute atomic E-state index is 13.1. The van der Waals surface area contributed by atoms with Gasteiger partial charge in [-0.3, -0.25) is 15.0 Å². The second-order valence-electron chi connectivity index (χ2n) is 9.25. The largest absolute Gasteiger partial charge is 0.481 e. The molecule has 172 valence electrons. The van der Waals surface area contributed by atoms with Crippen LogP contribution in [0.3, 0.4) is 0 Å². The SMILES string of the molecule is CC1=NN(c2ccc(C(C)(C)C)cc2)C(=O)/C1=C(/C)NNC(=S)N1CCC(C(=O)O)CC1. The van der Waals surface area contributed by atoms with Crippen molar-refractivity contribution in [2.45, 2.75) is 52.9 Å². The van der Waals surface area contributed by atoms with Crippen molar-refractivity contribution in [3.8, 4) is 0 Å². The van der Waals surface area contributed by atoms with Crippen LogP contribution in [0.25, 0.3) is 0 Å². The lowest BCUT2D eigenvalue weighted by Gasteiger charge is -2.32. The second-order valence-corrected chi connectivity index (χ2v) is 9.64. The van der Waals surface area contributed by atoms with Crippen molar-refractivity contribution < 1.29 is 14.7 Å². The number of carboxylic acid groups (broad SMARTS) is 1. The van der Waals surface area contributed by atoms with Crippen molar-refractivity contribution >= 4 is 40.6 Å². The fraction of sp³-hybridized carbons (Fsp3) is 0.478. The zero-order valence-electron chi connectivity index (χ0n) is 19.2. The molecule has 0 bridgehead atoms. The van der Waals surface area contributed by atoms with E-state index < -0.39 is 5.97 Å². The highest BCUT2D eigenvalue weighted by atomic mass is 32.1. The number of benzene rings is 1. The van der Waals surface area contributed by atoms with Gasteiger partial charge in [0.1, 0.15) is 0 Å². The van der Waals surface area contributed by atoms with E-state index in [2.05, 4.69) is 36.7 Å². The lowest BCUT2D eigenvalue weighted by atomic mass is 9.87. The van der Waals surface area contributed by atoms with Gasteiger partial charge < -0.3 is 15.4 Å². The minimum Gasteiger partial charge on any atom is -0.481 e. The third kappa shape index (κ3) is 5.09. The lowest BCUT2D eigenvalue weighted by molar-refractivity contribution is -0.143. The number of hydrogen-bond acceptors (Lipinski definition) is 5. The first-order valence-electron chi connectivity index (χ1n) is 10.7. The summed E-state index contributed by atoms with van der Waals surface area (Å²) in [7, 11) is 0. The van der Waals surface area contributed by atoms with Gasteiger partial charge >= 0.3 is 5.97 Å². The van der Waals surface area contributed by atoms with E-state index >= 15 is 0 Å². The number of carbonyl (C=O) groups is 2. The van der Waals surface area contributed by atoms with E-state index in [1.165, 1.54) is 10.6 Å². The first kappa shape index (κ1) is 23.7. The maximum Gasteiger partial charge on any atom is 0.306 e. The Kier molecular flexibility index (Phi) is 6.88. The molecule has 2 heterocycles. The van der Waals surface area contributed by atoms with Gasteiger partial charge in [0, 0.05) is 18.8 Å². The summed E-state index contributed by atoms with van der Waals surface area (Å²) in [5.74, 6) is -1.27. The number of piperidine rings is 1. The molecule has 2 aliphatic heterocycles. The van der Waals surface area contributed by atoms with Gasteiger partial charge in [0.25, 0.3) is 5.91 Å². The number of rotatable bonds is 4. The number of nitrogens with zero attached hydrogens (tertiary/aromatic N) is 3. The Hall–Kier alpha value is -2.94. The number of likely N-dealkylation sites (tertiary alicyclic amines) is 1. The molecule has 1 amide bonds. The summed E-state index contributed by atoms with van der Waals surface area (Å²) in [6.07, 6.45) is 1.12. The average Bonchev–Trinajstić information content (AvgIpc) is 3.05. The zero-order chi connectivity index (χ0) is 23.6. The highest BCUT2D eigenvalue weighted by Gasteiger charge is 2.31. The van der Waals surface area contributed by atoms with Crippen molar-refractivity contribution in [1.29, 1.82) is 0 Å². The van der Waals surface area contributed by atoms with Gasteiger partial charge in [0.2, 0.25) is 0 Å². The van der Waals surface area contributed by atoms with Crippen LogP contribution in [0.5, 0.6) is 0 Å². The predicted octanol–water partition coefficient (Wildman–Crippen LogP) is 3.16. The van der Waals surface area contributed by atoms with E-state index in [4.69, 9.17) is 17.3 Å². The molecule has 3 rings (SSSR count). The monoisotopic (exact) mass is 457 g/mol. The fourth-order valence-electron chi connectivity index (χ4n) is 3.83. The molecule has 0 unspecified atom stereocenters. The highest BCUT2D eigenvalue weighted by Crippen LogP contribution is 2.28. The summed E-state index contributed by atoms with van der Waals surface area (Å²) in [5, 5.41) is 15.5. The van der Waals surface area contributed by atoms with Crippen LogP contribution in [0.4, 0.5) is 5.69 Å². The van der Waals surface area contributed by atoms with Gasteiger partial charge in [-0.05, 0) is 62.0 Å². The summed E-state index contributed by atoms with van der Waals surface area (Å²) in [5.41, 5.74) is 9.66. The number of aliphatic carboxylic acids is 1. The molecule has 0 aromatic heterocycles. The van der Waals surface area contributed by atoms with Crippen molar-refractivity contribution in [2.75, 3.05) is 18.1 Å². The number of hydrogen-bond donors (Lipinski definition) is 3. The molecule has 8 nitrogen and oxygen atoms in total. The standard InChI is InChI=1S/C23H31N5O3S/c1-14(24-25-22(32)27-12-10-16(11-13-27)21(30)31)19-15(2)26-28(20(19)29)18-8-6-17(7-9-18)23(3,4)5/h6-9,16,24H,10-13H2,1-5H3,(H,25,32)(H,30,31)/b19-14-. The number of anilines is 1. The average molecular weight is 458 g/mol. The smallest absolute Gasteiger partial charge is 0.306 e. The minimum absolute atomic E-state index is 0.0330. The van der Waals surface area contributed by atoms with E-state index in [1.807, 2.05) is 29.2 Å². The third-order valence-corrected chi connectivity index (χ3v) is 6.22. The Balaban J connectivity index is 1.64. The van der Waals surface area contributed by atoms with Crippen LogP contribution in [-0.2, 0) is 15.0 Å². The topological polar surface area (TPSA) is 97.3 Å². The Morgan fingerprint density at radius 2 is 1.75 bits per heavy atom. The van der Waals surface area contributed by atoms with E-state index in [0.717, 1.165) is 5.69 Å². The molecule has 2 aliphatic rings. The number of amides is 1. The summed E-state index contributed by atoms with van der Waals surface area (Å²) >= 11 is 5.43. The lowest BCUT2D eigenvalue weighted by Crippen LogP contribution is -2.49. The number of allylic oxidation sites excluding steroid dienone is 1. The number of nitrogens with one attached hydrogen (secondary N) is 2. The number of carboxylic acids is 1. The third-order valence-electron chi connectivity index (χ3n) is 5.86. The van der Waals surface area contributed by atoms with Gasteiger partial charge in [0.05, 0.1) is 22.9 Å². The molecule has 32 heavy (non-hydrogen) atoms. The molecular weight excluding hydrogens is 426 g/mol. The Morgan fingerprint density at radius 3 is 2.28 bits per heavy atom. The summed E-state index contributed by atoms with van der Waals surface area (Å²) in [4.78, 5) is 26.1. The normalized spacial score (nSPS) is 19.0. The number of thiocarbonyl (C=S) groups is 1. The molecule has 0 spiro atoms. The molecule has 1 fully saturated rings. The Labute approximate surface area is 194 Å². The summed E-state index contributed by atoms with van der Waals surface area (Å²) < 4.78 is 0. The summed E-state index contributed by atoms with van der Waals surface area (Å²) in [6.45, 7) is 11.2. The van der Waals surface area contributed by atoms with Crippen LogP contribution in [0.1, 0.15) is 53.0 Å². The van der Waals surface area contributed by atoms with Crippen molar-refractivity contribution in [3.05, 3.63) is 41.1 Å². The molecule has 0 radical (unpaired) electrons. The molecule has 0 aliphatic carbocycles. The Bertz CT molecular complexity index is 970. The van der Waals surface area contributed by atoms with Crippen LogP contribution >= 0.6 is 12.2 Å². The molecule has 0 saturated carbocycles. The number of hydrazone groups is 1. The van der Waals surface area contributed by atoms with E-state index in [0.29, 0.717) is 48.0 Å². The van der Waals surface area contributed by atoms with Crippen LogP contribution in [0, 0.1) is 5.92 Å². The number of hydrazine groups is 1. The van der Waals surface area contributed by atoms with Gasteiger partial charge in [-0.15, -0.1) is 0 Å². The molecule has 3 N–H and O–H groups in total. The highest BCUT2D eigenvalue weighted by molar-refractivity contribution is 7.80. The first-order valence-corrected chi connectivity index (χ1v) is 11.1. The van der Waals surface area contributed by atoms with Gasteiger partial charge in [0.15, 0.2) is 5.11 Å². The molecule has 1 aromatic carbocycles. The predicted molar refractivity (Wildman–Crippen MR) is 129 cm³/mol. The minimum atomic E-state index is -0.755. The summed E-state index contributed by atoms with van der Waals surface area (Å²) in [6, 6.07) is 7.87. The van der Waals surface area contributed by atoms with Crippen LogP contribution in [0.2, 0.25) is 0 Å². The van der Waals surface area contributed by atoms with Crippen molar-refractivity contribution in [2.24, 2.45) is 11.0 Å². The Morgan fingerprint density at radius 1 is 1.16 bits per heavy atom. The zero-order valence-corrected chi connectivity index (χ0v) is 20.0. The molecule has 1 saturated heterocycles. The van der Waals surface area contributed by atoms with Crippen molar-refractivity contribution in [1.82, 2.24) is 15.8 Å². The van der Waals surface area contributed by atoms with Crippen LogP contribution < -0.4 is 15.9 Å². The molecular formula is C23H31N5O3S. The molecule has 0 atom stereocenters. The van der Waals surface area contributed by atoms with E-state index in [1.54, 1.807) is 13.8 Å². The number of carbonyl (C=O) groups excluding carboxylic acids is 1. The molecule has 1 aromatic rings. The maximum atomic E-state index is 13.1. The van der Waals surface area contributed by atoms with Crippen molar-refractivity contribution in [3.63, 3.8) is 0 Å². The quantitative estimate of drug-likeness (QED) is 0.363. The van der Waals surface area contributed by atoms with Gasteiger partial charge in [-0.25, -0.2) is 0 Å². The van der Waals surface area contributed by atoms with Crippen LogP contribution in [0.15, 0.2) is 40.6 Å².